The first kappa shape index (κ1) is 17.7. The molecular formula is C14H27ClN2O3. The molecule has 2 N–H and O–H groups in total. The highest BCUT2D eigenvalue weighted by Gasteiger charge is 2.17. The predicted molar refractivity (Wildman–Crippen MR) is 80.3 cm³/mol. The highest BCUT2D eigenvalue weighted by molar-refractivity contribution is 5.85. The summed E-state index contributed by atoms with van der Waals surface area (Å²) in [5.41, 5.74) is 0. The molecule has 0 radical (unpaired) electrons. The van der Waals surface area contributed by atoms with Crippen LogP contribution in [0.2, 0.25) is 0 Å². The average Bonchev–Trinajstić information content (AvgIpc) is 3.06. The summed E-state index contributed by atoms with van der Waals surface area (Å²) in [6.45, 7) is 4.02. The minimum atomic E-state index is 0. The first-order valence-electron chi connectivity index (χ1n) is 7.54. The molecule has 0 aromatic heterocycles. The molecule has 2 rings (SSSR count). The van der Waals surface area contributed by atoms with Crippen LogP contribution in [0, 0.1) is 0 Å². The van der Waals surface area contributed by atoms with Crippen molar-refractivity contribution in [2.75, 3.05) is 32.9 Å². The summed E-state index contributed by atoms with van der Waals surface area (Å²) in [7, 11) is 0. The van der Waals surface area contributed by atoms with Gasteiger partial charge < -0.3 is 20.1 Å². The van der Waals surface area contributed by atoms with Crippen molar-refractivity contribution in [3.8, 4) is 0 Å². The zero-order valence-electron chi connectivity index (χ0n) is 12.1. The fraction of sp³-hybridized carbons (Fsp3) is 0.929. The van der Waals surface area contributed by atoms with Gasteiger partial charge in [0.1, 0.15) is 0 Å². The van der Waals surface area contributed by atoms with E-state index in [1.54, 1.807) is 0 Å². The Labute approximate surface area is 127 Å². The van der Waals surface area contributed by atoms with Crippen molar-refractivity contribution in [3.63, 3.8) is 0 Å². The summed E-state index contributed by atoms with van der Waals surface area (Å²) in [4.78, 5) is 11.6. The topological polar surface area (TPSA) is 59.6 Å². The van der Waals surface area contributed by atoms with E-state index in [2.05, 4.69) is 10.6 Å². The standard InChI is InChI=1S/C14H26N2O3.ClH/c17-14(10-12-4-1-6-15-12)16-7-3-8-18-11-13-5-2-9-19-13;/h12-13,15H,1-11H2,(H,16,17);1H. The van der Waals surface area contributed by atoms with Gasteiger partial charge in [0.05, 0.1) is 12.7 Å². The van der Waals surface area contributed by atoms with Crippen molar-refractivity contribution in [3.05, 3.63) is 0 Å². The van der Waals surface area contributed by atoms with E-state index in [0.29, 0.717) is 38.3 Å². The molecule has 2 atom stereocenters. The van der Waals surface area contributed by atoms with E-state index >= 15 is 0 Å². The summed E-state index contributed by atoms with van der Waals surface area (Å²) in [6.07, 6.45) is 6.35. The number of carbonyl (C=O) groups excluding carboxylic acids is 1. The molecule has 0 aromatic carbocycles. The molecule has 2 heterocycles. The largest absolute Gasteiger partial charge is 0.379 e. The van der Waals surface area contributed by atoms with Crippen LogP contribution in [0.3, 0.4) is 0 Å². The number of halogens is 1. The van der Waals surface area contributed by atoms with Crippen LogP contribution in [-0.4, -0.2) is 51.0 Å². The van der Waals surface area contributed by atoms with E-state index in [4.69, 9.17) is 9.47 Å². The van der Waals surface area contributed by atoms with Crippen molar-refractivity contribution in [2.24, 2.45) is 0 Å². The van der Waals surface area contributed by atoms with Gasteiger partial charge in [-0.05, 0) is 38.6 Å². The molecule has 2 aliphatic rings. The van der Waals surface area contributed by atoms with E-state index in [-0.39, 0.29) is 18.3 Å². The number of amides is 1. The Morgan fingerprint density at radius 3 is 2.95 bits per heavy atom. The molecule has 0 spiro atoms. The molecule has 2 fully saturated rings. The third-order valence-corrected chi connectivity index (χ3v) is 3.71. The van der Waals surface area contributed by atoms with Crippen LogP contribution in [0.15, 0.2) is 0 Å². The number of carbonyl (C=O) groups is 1. The van der Waals surface area contributed by atoms with Crippen molar-refractivity contribution in [1.29, 1.82) is 0 Å². The highest BCUT2D eigenvalue weighted by atomic mass is 35.5. The van der Waals surface area contributed by atoms with Gasteiger partial charge in [0.2, 0.25) is 5.91 Å². The van der Waals surface area contributed by atoms with Crippen molar-refractivity contribution in [1.82, 2.24) is 10.6 Å². The first-order valence-corrected chi connectivity index (χ1v) is 7.54. The van der Waals surface area contributed by atoms with Crippen LogP contribution in [0.25, 0.3) is 0 Å². The molecular weight excluding hydrogens is 280 g/mol. The van der Waals surface area contributed by atoms with E-state index in [1.165, 1.54) is 6.42 Å². The van der Waals surface area contributed by atoms with Crippen LogP contribution in [0.5, 0.6) is 0 Å². The van der Waals surface area contributed by atoms with E-state index in [0.717, 1.165) is 38.8 Å². The molecule has 2 unspecified atom stereocenters. The zero-order valence-corrected chi connectivity index (χ0v) is 12.9. The van der Waals surface area contributed by atoms with Gasteiger partial charge >= 0.3 is 0 Å². The fourth-order valence-corrected chi connectivity index (χ4v) is 2.62. The van der Waals surface area contributed by atoms with E-state index < -0.39 is 0 Å². The number of hydrogen-bond acceptors (Lipinski definition) is 4. The van der Waals surface area contributed by atoms with Gasteiger partial charge in [0, 0.05) is 32.2 Å². The van der Waals surface area contributed by atoms with Gasteiger partial charge in [-0.2, -0.15) is 0 Å². The quantitative estimate of drug-likeness (QED) is 0.663. The molecule has 0 aliphatic carbocycles. The highest BCUT2D eigenvalue weighted by Crippen LogP contribution is 2.11. The third-order valence-electron chi connectivity index (χ3n) is 3.71. The minimum absolute atomic E-state index is 0. The third kappa shape index (κ3) is 6.88. The summed E-state index contributed by atoms with van der Waals surface area (Å²) in [5, 5.41) is 6.28. The molecule has 5 nitrogen and oxygen atoms in total. The Balaban J connectivity index is 0.00000200. The Bertz CT molecular complexity index is 267. The van der Waals surface area contributed by atoms with E-state index in [9.17, 15) is 4.79 Å². The van der Waals surface area contributed by atoms with Crippen molar-refractivity contribution in [2.45, 2.75) is 50.7 Å². The summed E-state index contributed by atoms with van der Waals surface area (Å²) in [6, 6.07) is 0.385. The maximum atomic E-state index is 11.6. The molecule has 0 saturated carbocycles. The smallest absolute Gasteiger partial charge is 0.221 e. The fourth-order valence-electron chi connectivity index (χ4n) is 2.62. The normalized spacial score (nSPS) is 25.4. The summed E-state index contributed by atoms with van der Waals surface area (Å²) in [5.74, 6) is 0.151. The van der Waals surface area contributed by atoms with Crippen LogP contribution >= 0.6 is 12.4 Å². The van der Waals surface area contributed by atoms with Crippen molar-refractivity contribution < 1.29 is 14.3 Å². The van der Waals surface area contributed by atoms with Crippen LogP contribution < -0.4 is 10.6 Å². The average molecular weight is 307 g/mol. The Morgan fingerprint density at radius 1 is 1.35 bits per heavy atom. The minimum Gasteiger partial charge on any atom is -0.379 e. The van der Waals surface area contributed by atoms with Gasteiger partial charge in [0.15, 0.2) is 0 Å². The van der Waals surface area contributed by atoms with Gasteiger partial charge in [-0.3, -0.25) is 4.79 Å². The monoisotopic (exact) mass is 306 g/mol. The lowest BCUT2D eigenvalue weighted by Crippen LogP contribution is -2.32. The Kier molecular flexibility index (Phi) is 9.18. The van der Waals surface area contributed by atoms with Gasteiger partial charge in [0.25, 0.3) is 0 Å². The van der Waals surface area contributed by atoms with Gasteiger partial charge in [-0.1, -0.05) is 0 Å². The molecule has 20 heavy (non-hydrogen) atoms. The number of nitrogens with one attached hydrogen (secondary N) is 2. The molecule has 0 bridgehead atoms. The molecule has 2 saturated heterocycles. The molecule has 1 amide bonds. The second-order valence-electron chi connectivity index (χ2n) is 5.41. The predicted octanol–water partition coefficient (Wildman–Crippen LogP) is 1.25. The SMILES string of the molecule is Cl.O=C(CC1CCCN1)NCCCOCC1CCCO1. The second kappa shape index (κ2) is 10.4. The maximum absolute atomic E-state index is 11.6. The molecule has 0 aromatic rings. The van der Waals surface area contributed by atoms with E-state index in [1.807, 2.05) is 0 Å². The lowest BCUT2D eigenvalue weighted by atomic mass is 10.1. The molecule has 118 valence electrons. The van der Waals surface area contributed by atoms with Crippen molar-refractivity contribution >= 4 is 18.3 Å². The van der Waals surface area contributed by atoms with Gasteiger partial charge in [-0.15, -0.1) is 12.4 Å². The van der Waals surface area contributed by atoms with Crippen LogP contribution in [-0.2, 0) is 14.3 Å². The van der Waals surface area contributed by atoms with Gasteiger partial charge in [-0.25, -0.2) is 0 Å². The molecule has 6 heteroatoms. The zero-order chi connectivity index (χ0) is 13.3. The Morgan fingerprint density at radius 2 is 2.25 bits per heavy atom. The van der Waals surface area contributed by atoms with Crippen LogP contribution in [0.1, 0.15) is 38.5 Å². The second-order valence-corrected chi connectivity index (χ2v) is 5.41. The number of rotatable bonds is 8. The number of ether oxygens (including phenoxy) is 2. The molecule has 2 aliphatic heterocycles. The first-order chi connectivity index (χ1) is 9.34. The lowest BCUT2D eigenvalue weighted by molar-refractivity contribution is -0.121. The summed E-state index contributed by atoms with van der Waals surface area (Å²) >= 11 is 0. The lowest BCUT2D eigenvalue weighted by Gasteiger charge is -2.11. The maximum Gasteiger partial charge on any atom is 0.221 e. The number of hydrogen-bond donors (Lipinski definition) is 2. The Hall–Kier alpha value is -0.360. The van der Waals surface area contributed by atoms with Crippen LogP contribution in [0.4, 0.5) is 0 Å². The summed E-state index contributed by atoms with van der Waals surface area (Å²) < 4.78 is 11.0.